The van der Waals surface area contributed by atoms with Crippen LogP contribution < -0.4 is 5.73 Å². The Balaban J connectivity index is 2.85. The highest BCUT2D eigenvalue weighted by Crippen LogP contribution is 2.38. The summed E-state index contributed by atoms with van der Waals surface area (Å²) in [5, 5.41) is 1.42. The average molecular weight is 258 g/mol. The number of hydrogen-bond acceptors (Lipinski definition) is 1. The van der Waals surface area contributed by atoms with Crippen molar-refractivity contribution in [3.63, 3.8) is 0 Å². The first-order valence-electron chi connectivity index (χ1n) is 7.06. The lowest BCUT2D eigenvalue weighted by Crippen LogP contribution is -2.22. The van der Waals surface area contributed by atoms with Crippen LogP contribution in [-0.2, 0) is 12.5 Å². The fourth-order valence-electron chi connectivity index (χ4n) is 3.38. The van der Waals surface area contributed by atoms with Gasteiger partial charge in [0.25, 0.3) is 0 Å². The van der Waals surface area contributed by atoms with Crippen LogP contribution in [0, 0.1) is 20.8 Å². The normalized spacial score (nSPS) is 12.4. The zero-order valence-electron chi connectivity index (χ0n) is 13.1. The van der Waals surface area contributed by atoms with E-state index in [1.165, 1.54) is 33.3 Å². The van der Waals surface area contributed by atoms with Gasteiger partial charge in [0.05, 0.1) is 0 Å². The minimum absolute atomic E-state index is 0.123. The molecule has 1 aromatic heterocycles. The largest absolute Gasteiger partial charge is 0.348 e. The molecule has 0 aliphatic rings. The summed E-state index contributed by atoms with van der Waals surface area (Å²) < 4.78 is 2.32. The van der Waals surface area contributed by atoms with Crippen LogP contribution in [0.25, 0.3) is 10.9 Å². The second-order valence-electron chi connectivity index (χ2n) is 6.42. The van der Waals surface area contributed by atoms with E-state index in [9.17, 15) is 0 Å². The summed E-state index contributed by atoms with van der Waals surface area (Å²) >= 11 is 0. The van der Waals surface area contributed by atoms with Gasteiger partial charge in [0.1, 0.15) is 0 Å². The summed E-state index contributed by atoms with van der Waals surface area (Å²) in [6, 6.07) is 4.57. The standard InChI is InChI=1S/C17H26N2/c1-11-9-12(2)15-14(10-11)19(6)13(3)16(15)17(4,5)7-8-18/h9-10H,7-8,18H2,1-6H3. The van der Waals surface area contributed by atoms with Gasteiger partial charge < -0.3 is 10.3 Å². The highest BCUT2D eigenvalue weighted by Gasteiger charge is 2.27. The second kappa shape index (κ2) is 4.68. The number of nitrogens with two attached hydrogens (primary N) is 1. The van der Waals surface area contributed by atoms with Crippen LogP contribution in [-0.4, -0.2) is 11.1 Å². The van der Waals surface area contributed by atoms with Crippen LogP contribution in [0.4, 0.5) is 0 Å². The zero-order valence-corrected chi connectivity index (χ0v) is 13.1. The Kier molecular flexibility index (Phi) is 3.48. The van der Waals surface area contributed by atoms with E-state index >= 15 is 0 Å². The lowest BCUT2D eigenvalue weighted by Gasteiger charge is -2.25. The number of benzene rings is 1. The summed E-state index contributed by atoms with van der Waals surface area (Å²) in [7, 11) is 2.17. The number of aromatic nitrogens is 1. The van der Waals surface area contributed by atoms with E-state index in [1.54, 1.807) is 0 Å². The zero-order chi connectivity index (χ0) is 14.4. The number of fused-ring (bicyclic) bond motifs is 1. The average Bonchev–Trinajstić information content (AvgIpc) is 2.54. The van der Waals surface area contributed by atoms with Gasteiger partial charge in [-0.05, 0) is 61.9 Å². The van der Waals surface area contributed by atoms with E-state index in [0.29, 0.717) is 0 Å². The van der Waals surface area contributed by atoms with Crippen molar-refractivity contribution in [1.29, 1.82) is 0 Å². The lowest BCUT2D eigenvalue weighted by molar-refractivity contribution is 0.487. The predicted octanol–water partition coefficient (Wildman–Crippen LogP) is 3.73. The van der Waals surface area contributed by atoms with E-state index in [1.807, 2.05) is 0 Å². The van der Waals surface area contributed by atoms with Crippen LogP contribution in [0.5, 0.6) is 0 Å². The molecule has 0 fully saturated rings. The molecule has 0 saturated carbocycles. The van der Waals surface area contributed by atoms with E-state index in [2.05, 4.69) is 58.4 Å². The molecule has 0 bridgehead atoms. The molecular weight excluding hydrogens is 232 g/mol. The Morgan fingerprint density at radius 1 is 1.16 bits per heavy atom. The van der Waals surface area contributed by atoms with Gasteiger partial charge in [-0.2, -0.15) is 0 Å². The van der Waals surface area contributed by atoms with Crippen LogP contribution in [0.3, 0.4) is 0 Å². The highest BCUT2D eigenvalue weighted by molar-refractivity contribution is 5.90. The summed E-state index contributed by atoms with van der Waals surface area (Å²) in [4.78, 5) is 0. The molecule has 0 radical (unpaired) electrons. The topological polar surface area (TPSA) is 30.9 Å². The molecule has 2 nitrogen and oxygen atoms in total. The summed E-state index contributed by atoms with van der Waals surface area (Å²) in [5.41, 5.74) is 12.8. The van der Waals surface area contributed by atoms with E-state index in [-0.39, 0.29) is 5.41 Å². The summed E-state index contributed by atoms with van der Waals surface area (Å²) in [6.07, 6.45) is 1.01. The first-order chi connectivity index (χ1) is 8.79. The molecule has 19 heavy (non-hydrogen) atoms. The fourth-order valence-corrected chi connectivity index (χ4v) is 3.38. The number of hydrogen-bond donors (Lipinski definition) is 1. The number of rotatable bonds is 3. The Hall–Kier alpha value is -1.28. The van der Waals surface area contributed by atoms with Gasteiger partial charge in [0, 0.05) is 23.6 Å². The van der Waals surface area contributed by atoms with Gasteiger partial charge in [-0.15, -0.1) is 0 Å². The Morgan fingerprint density at radius 2 is 1.79 bits per heavy atom. The summed E-state index contributed by atoms with van der Waals surface area (Å²) in [5.74, 6) is 0. The molecule has 2 aromatic rings. The maximum Gasteiger partial charge on any atom is 0.0488 e. The SMILES string of the molecule is Cc1cc(C)c2c(C(C)(C)CCN)c(C)n(C)c2c1. The minimum Gasteiger partial charge on any atom is -0.348 e. The third-order valence-electron chi connectivity index (χ3n) is 4.38. The Morgan fingerprint density at radius 3 is 2.37 bits per heavy atom. The van der Waals surface area contributed by atoms with Crippen molar-refractivity contribution in [1.82, 2.24) is 4.57 Å². The Bertz CT molecular complexity index is 618. The number of nitrogens with zero attached hydrogens (tertiary/aromatic N) is 1. The minimum atomic E-state index is 0.123. The van der Waals surface area contributed by atoms with Crippen molar-refractivity contribution in [2.24, 2.45) is 12.8 Å². The molecule has 2 N–H and O–H groups in total. The van der Waals surface area contributed by atoms with Crippen molar-refractivity contribution in [2.75, 3.05) is 6.54 Å². The molecule has 1 heterocycles. The fraction of sp³-hybridized carbons (Fsp3) is 0.529. The molecule has 0 saturated heterocycles. The van der Waals surface area contributed by atoms with Crippen molar-refractivity contribution in [3.8, 4) is 0 Å². The molecule has 0 atom stereocenters. The summed E-state index contributed by atoms with van der Waals surface area (Å²) in [6.45, 7) is 12.0. The van der Waals surface area contributed by atoms with Gasteiger partial charge in [-0.1, -0.05) is 19.9 Å². The van der Waals surface area contributed by atoms with Gasteiger partial charge in [-0.25, -0.2) is 0 Å². The molecule has 1 aromatic carbocycles. The van der Waals surface area contributed by atoms with Crippen LogP contribution in [0.15, 0.2) is 12.1 Å². The molecular formula is C17H26N2. The van der Waals surface area contributed by atoms with Crippen LogP contribution >= 0.6 is 0 Å². The van der Waals surface area contributed by atoms with E-state index in [0.717, 1.165) is 13.0 Å². The third-order valence-corrected chi connectivity index (χ3v) is 4.38. The lowest BCUT2D eigenvalue weighted by atomic mass is 9.79. The highest BCUT2D eigenvalue weighted by atomic mass is 14.9. The molecule has 2 rings (SSSR count). The monoisotopic (exact) mass is 258 g/mol. The molecule has 0 aliphatic heterocycles. The molecule has 2 heteroatoms. The molecule has 0 unspecified atom stereocenters. The smallest absolute Gasteiger partial charge is 0.0488 e. The number of aryl methyl sites for hydroxylation is 3. The predicted molar refractivity (Wildman–Crippen MR) is 83.8 cm³/mol. The van der Waals surface area contributed by atoms with Gasteiger partial charge in [-0.3, -0.25) is 0 Å². The first-order valence-corrected chi connectivity index (χ1v) is 7.06. The third kappa shape index (κ3) is 2.18. The van der Waals surface area contributed by atoms with Crippen molar-refractivity contribution >= 4 is 10.9 Å². The maximum atomic E-state index is 5.81. The first kappa shape index (κ1) is 14.1. The quantitative estimate of drug-likeness (QED) is 0.893. The van der Waals surface area contributed by atoms with E-state index < -0.39 is 0 Å². The van der Waals surface area contributed by atoms with Crippen LogP contribution in [0.2, 0.25) is 0 Å². The van der Waals surface area contributed by atoms with Gasteiger partial charge >= 0.3 is 0 Å². The van der Waals surface area contributed by atoms with E-state index in [4.69, 9.17) is 5.73 Å². The van der Waals surface area contributed by atoms with Crippen molar-refractivity contribution < 1.29 is 0 Å². The van der Waals surface area contributed by atoms with Crippen molar-refractivity contribution in [3.05, 3.63) is 34.5 Å². The maximum absolute atomic E-state index is 5.81. The second-order valence-corrected chi connectivity index (χ2v) is 6.42. The van der Waals surface area contributed by atoms with Gasteiger partial charge in [0.15, 0.2) is 0 Å². The molecule has 0 spiro atoms. The molecule has 0 amide bonds. The van der Waals surface area contributed by atoms with Gasteiger partial charge in [0.2, 0.25) is 0 Å². The van der Waals surface area contributed by atoms with Crippen LogP contribution in [0.1, 0.15) is 42.7 Å². The van der Waals surface area contributed by atoms with Crippen molar-refractivity contribution in [2.45, 2.75) is 46.5 Å². The molecule has 104 valence electrons. The molecule has 0 aliphatic carbocycles. The Labute approximate surface area is 116 Å².